The van der Waals surface area contributed by atoms with E-state index >= 15 is 0 Å². The van der Waals surface area contributed by atoms with Crippen molar-refractivity contribution in [2.75, 3.05) is 13.6 Å². The zero-order valence-corrected chi connectivity index (χ0v) is 13.0. The lowest BCUT2D eigenvalue weighted by molar-refractivity contribution is 0.0459. The molecule has 0 aliphatic heterocycles. The monoisotopic (exact) mass is 290 g/mol. The van der Waals surface area contributed by atoms with E-state index in [4.69, 9.17) is 5.73 Å². The van der Waals surface area contributed by atoms with Gasteiger partial charge < -0.3 is 5.73 Å². The van der Waals surface area contributed by atoms with Gasteiger partial charge in [-0.25, -0.2) is 4.39 Å². The number of benzene rings is 1. The highest BCUT2D eigenvalue weighted by atomic mass is 19.1. The average Bonchev–Trinajstić information content (AvgIpc) is 3.34. The molecule has 2 atom stereocenters. The molecule has 1 aromatic rings. The summed E-state index contributed by atoms with van der Waals surface area (Å²) in [6, 6.07) is 6.87. The van der Waals surface area contributed by atoms with E-state index in [1.165, 1.54) is 44.1 Å². The van der Waals surface area contributed by atoms with Crippen molar-refractivity contribution in [1.82, 2.24) is 4.90 Å². The minimum Gasteiger partial charge on any atom is -0.329 e. The van der Waals surface area contributed by atoms with Gasteiger partial charge in [-0.3, -0.25) is 4.90 Å². The minimum atomic E-state index is -0.165. The Morgan fingerprint density at radius 3 is 2.52 bits per heavy atom. The fourth-order valence-corrected chi connectivity index (χ4v) is 4.07. The minimum absolute atomic E-state index is 0.139. The van der Waals surface area contributed by atoms with Crippen molar-refractivity contribution in [3.63, 3.8) is 0 Å². The summed E-state index contributed by atoms with van der Waals surface area (Å²) in [6.45, 7) is 1.59. The first-order valence-corrected chi connectivity index (χ1v) is 8.29. The number of likely N-dealkylation sites (N-methyl/N-ethyl adjacent to an activating group) is 1. The van der Waals surface area contributed by atoms with Gasteiger partial charge in [0.15, 0.2) is 0 Å². The summed E-state index contributed by atoms with van der Waals surface area (Å²) in [5, 5.41) is 0. The van der Waals surface area contributed by atoms with E-state index in [0.717, 1.165) is 24.9 Å². The second-order valence-corrected chi connectivity index (χ2v) is 7.10. The molecule has 3 rings (SSSR count). The molecule has 2 unspecified atom stereocenters. The third-order valence-corrected chi connectivity index (χ3v) is 5.67. The van der Waals surface area contributed by atoms with Crippen LogP contribution >= 0.6 is 0 Å². The molecule has 2 nitrogen and oxygen atoms in total. The van der Waals surface area contributed by atoms with Gasteiger partial charge in [0.2, 0.25) is 0 Å². The Hall–Kier alpha value is -0.930. The van der Waals surface area contributed by atoms with E-state index in [1.807, 2.05) is 12.1 Å². The standard InChI is InChI=1S/C18H27FN2/c1-21(12-14-4-8-17(19)9-5-14)18(13-20)10-2-3-16(11-18)15-6-7-15/h4-5,8-9,15-16H,2-3,6-7,10-13,20H2,1H3. The van der Waals surface area contributed by atoms with E-state index < -0.39 is 0 Å². The molecular weight excluding hydrogens is 263 g/mol. The highest BCUT2D eigenvalue weighted by Crippen LogP contribution is 2.47. The zero-order chi connectivity index (χ0) is 14.9. The Bertz CT molecular complexity index is 469. The molecule has 21 heavy (non-hydrogen) atoms. The molecule has 2 N–H and O–H groups in total. The molecule has 2 fully saturated rings. The van der Waals surface area contributed by atoms with Crippen molar-refractivity contribution in [3.05, 3.63) is 35.6 Å². The van der Waals surface area contributed by atoms with Crippen LogP contribution in [0.5, 0.6) is 0 Å². The maximum atomic E-state index is 13.0. The van der Waals surface area contributed by atoms with Crippen LogP contribution in [-0.2, 0) is 6.54 Å². The van der Waals surface area contributed by atoms with Crippen LogP contribution in [0.3, 0.4) is 0 Å². The van der Waals surface area contributed by atoms with Gasteiger partial charge in [0, 0.05) is 18.6 Å². The second-order valence-electron chi connectivity index (χ2n) is 7.10. The highest BCUT2D eigenvalue weighted by molar-refractivity contribution is 5.16. The fraction of sp³-hybridized carbons (Fsp3) is 0.667. The third kappa shape index (κ3) is 3.29. The number of rotatable bonds is 5. The summed E-state index contributed by atoms with van der Waals surface area (Å²) in [5.41, 5.74) is 7.50. The lowest BCUT2D eigenvalue weighted by Gasteiger charge is -2.47. The summed E-state index contributed by atoms with van der Waals surface area (Å²) in [5.74, 6) is 1.68. The van der Waals surface area contributed by atoms with Gasteiger partial charge in [-0.05, 0) is 62.3 Å². The molecule has 0 heterocycles. The van der Waals surface area contributed by atoms with Gasteiger partial charge in [0.1, 0.15) is 5.82 Å². The SMILES string of the molecule is CN(Cc1ccc(F)cc1)C1(CN)CCCC(C2CC2)C1. The molecule has 0 spiro atoms. The molecule has 1 aromatic carbocycles. The van der Waals surface area contributed by atoms with Crippen molar-refractivity contribution < 1.29 is 4.39 Å². The largest absolute Gasteiger partial charge is 0.329 e. The predicted molar refractivity (Wildman–Crippen MR) is 84.3 cm³/mol. The average molecular weight is 290 g/mol. The van der Waals surface area contributed by atoms with Gasteiger partial charge in [-0.2, -0.15) is 0 Å². The van der Waals surface area contributed by atoms with Crippen molar-refractivity contribution >= 4 is 0 Å². The number of nitrogens with zero attached hydrogens (tertiary/aromatic N) is 1. The molecule has 2 aliphatic carbocycles. The summed E-state index contributed by atoms with van der Waals surface area (Å²) >= 11 is 0. The first-order valence-electron chi connectivity index (χ1n) is 8.29. The lowest BCUT2D eigenvalue weighted by atomic mass is 9.73. The molecule has 3 heteroatoms. The Kier molecular flexibility index (Phi) is 4.32. The normalized spacial score (nSPS) is 29.8. The molecule has 116 valence electrons. The van der Waals surface area contributed by atoms with Crippen molar-refractivity contribution in [2.45, 2.75) is 50.6 Å². The van der Waals surface area contributed by atoms with Gasteiger partial charge in [-0.15, -0.1) is 0 Å². The van der Waals surface area contributed by atoms with Crippen LogP contribution in [-0.4, -0.2) is 24.0 Å². The van der Waals surface area contributed by atoms with E-state index in [1.54, 1.807) is 12.1 Å². The van der Waals surface area contributed by atoms with E-state index in [0.29, 0.717) is 0 Å². The topological polar surface area (TPSA) is 29.3 Å². The van der Waals surface area contributed by atoms with Gasteiger partial charge in [0.25, 0.3) is 0 Å². The summed E-state index contributed by atoms with van der Waals surface area (Å²) in [7, 11) is 2.19. The Morgan fingerprint density at radius 1 is 1.19 bits per heavy atom. The first kappa shape index (κ1) is 15.0. The summed E-state index contributed by atoms with van der Waals surface area (Å²) in [4.78, 5) is 2.43. The highest BCUT2D eigenvalue weighted by Gasteiger charge is 2.43. The third-order valence-electron chi connectivity index (χ3n) is 5.67. The Morgan fingerprint density at radius 2 is 1.90 bits per heavy atom. The van der Waals surface area contributed by atoms with Crippen LogP contribution in [0.1, 0.15) is 44.1 Å². The van der Waals surface area contributed by atoms with E-state index in [9.17, 15) is 4.39 Å². The number of hydrogen-bond acceptors (Lipinski definition) is 2. The fourth-order valence-electron chi connectivity index (χ4n) is 4.07. The van der Waals surface area contributed by atoms with E-state index in [-0.39, 0.29) is 11.4 Å². The maximum Gasteiger partial charge on any atom is 0.123 e. The van der Waals surface area contributed by atoms with E-state index in [2.05, 4.69) is 11.9 Å². The van der Waals surface area contributed by atoms with Gasteiger partial charge in [0.05, 0.1) is 0 Å². The zero-order valence-electron chi connectivity index (χ0n) is 13.0. The first-order chi connectivity index (χ1) is 10.1. The van der Waals surface area contributed by atoms with Crippen LogP contribution in [0.4, 0.5) is 4.39 Å². The van der Waals surface area contributed by atoms with Crippen LogP contribution in [0, 0.1) is 17.7 Å². The quantitative estimate of drug-likeness (QED) is 0.898. The maximum absolute atomic E-state index is 13.0. The van der Waals surface area contributed by atoms with Crippen molar-refractivity contribution in [3.8, 4) is 0 Å². The van der Waals surface area contributed by atoms with Crippen LogP contribution in [0.2, 0.25) is 0 Å². The molecule has 0 bridgehead atoms. The smallest absolute Gasteiger partial charge is 0.123 e. The summed E-state index contributed by atoms with van der Waals surface area (Å²) < 4.78 is 13.0. The number of hydrogen-bond donors (Lipinski definition) is 1. The van der Waals surface area contributed by atoms with Crippen molar-refractivity contribution in [2.24, 2.45) is 17.6 Å². The molecule has 2 saturated carbocycles. The Balaban J connectivity index is 1.69. The number of halogens is 1. The van der Waals surface area contributed by atoms with Crippen molar-refractivity contribution in [1.29, 1.82) is 0 Å². The van der Waals surface area contributed by atoms with Gasteiger partial charge in [-0.1, -0.05) is 25.0 Å². The molecule has 2 aliphatic rings. The molecule has 0 amide bonds. The van der Waals surface area contributed by atoms with Gasteiger partial charge >= 0.3 is 0 Å². The summed E-state index contributed by atoms with van der Waals surface area (Å²) in [6.07, 6.45) is 7.97. The Labute approximate surface area is 127 Å². The van der Waals surface area contributed by atoms with Crippen LogP contribution < -0.4 is 5.73 Å². The number of nitrogens with two attached hydrogens (primary N) is 1. The molecule has 0 radical (unpaired) electrons. The molecular formula is C18H27FN2. The molecule has 0 saturated heterocycles. The lowest BCUT2D eigenvalue weighted by Crippen LogP contribution is -2.54. The van der Waals surface area contributed by atoms with Crippen LogP contribution in [0.15, 0.2) is 24.3 Å². The molecule has 0 aromatic heterocycles. The second kappa shape index (κ2) is 6.05. The predicted octanol–water partition coefficient (Wildman–Crippen LogP) is 3.56. The van der Waals surface area contributed by atoms with Crippen LogP contribution in [0.25, 0.3) is 0 Å².